The highest BCUT2D eigenvalue weighted by Crippen LogP contribution is 2.11. The lowest BCUT2D eigenvalue weighted by molar-refractivity contribution is -0.122. The third kappa shape index (κ3) is 4.06. The topological polar surface area (TPSA) is 102 Å². The molecule has 2 amide bonds. The molecule has 0 spiro atoms. The number of amides is 2. The number of hydrazine groups is 1. The second-order valence-corrected chi connectivity index (χ2v) is 4.86. The Kier molecular flexibility index (Phi) is 5.29. The fourth-order valence-corrected chi connectivity index (χ4v) is 2.07. The van der Waals surface area contributed by atoms with Gasteiger partial charge in [0.05, 0.1) is 23.8 Å². The van der Waals surface area contributed by atoms with Crippen LogP contribution in [0.5, 0.6) is 0 Å². The summed E-state index contributed by atoms with van der Waals surface area (Å²) in [5, 5.41) is 0.512. The smallest absolute Gasteiger partial charge is 0.426 e. The number of hydrogen-bond acceptors (Lipinski definition) is 5. The van der Waals surface area contributed by atoms with Crippen molar-refractivity contribution in [1.82, 2.24) is 20.4 Å². The van der Waals surface area contributed by atoms with Crippen LogP contribution < -0.4 is 16.4 Å². The maximum Gasteiger partial charge on any atom is 0.426 e. The molecule has 1 aromatic carbocycles. The Labute approximate surface area is 132 Å². The molecule has 2 rings (SSSR count). The summed E-state index contributed by atoms with van der Waals surface area (Å²) in [5.74, 6) is -0.436. The van der Waals surface area contributed by atoms with E-state index in [0.29, 0.717) is 10.9 Å². The summed E-state index contributed by atoms with van der Waals surface area (Å²) < 4.78 is 5.97. The number of aromatic nitrogens is 2. The molecule has 2 N–H and O–H groups in total. The van der Waals surface area contributed by atoms with Gasteiger partial charge in [0, 0.05) is 13.0 Å². The Morgan fingerprint density at radius 2 is 2.09 bits per heavy atom. The number of carbonyl (C=O) groups is 2. The zero-order valence-corrected chi connectivity index (χ0v) is 13.0. The standard InChI is InChI=1S/C15H18N4O4/c1-3-23-15(22)18-17-12(20)7-8-19-9-16-13-10(2)5-4-6-11(13)14(19)21/h4-6,9H,3,7-8H2,1-2H3,(H,17,20)(H,18,22). The molecule has 0 saturated heterocycles. The molecule has 1 aromatic heterocycles. The Hall–Kier alpha value is -2.90. The Morgan fingerprint density at radius 1 is 1.30 bits per heavy atom. The van der Waals surface area contributed by atoms with E-state index in [1.54, 1.807) is 19.1 Å². The number of aryl methyl sites for hydroxylation is 2. The maximum atomic E-state index is 12.3. The van der Waals surface area contributed by atoms with E-state index >= 15 is 0 Å². The number of hydrogen-bond donors (Lipinski definition) is 2. The predicted molar refractivity (Wildman–Crippen MR) is 83.7 cm³/mol. The number of nitrogens with zero attached hydrogens (tertiary/aromatic N) is 2. The molecule has 0 unspecified atom stereocenters. The zero-order valence-electron chi connectivity index (χ0n) is 13.0. The molecule has 0 bridgehead atoms. The lowest BCUT2D eigenvalue weighted by Crippen LogP contribution is -2.42. The van der Waals surface area contributed by atoms with E-state index in [9.17, 15) is 14.4 Å². The van der Waals surface area contributed by atoms with Gasteiger partial charge in [-0.1, -0.05) is 12.1 Å². The van der Waals surface area contributed by atoms with E-state index in [4.69, 9.17) is 0 Å². The van der Waals surface area contributed by atoms with Crippen LogP contribution >= 0.6 is 0 Å². The van der Waals surface area contributed by atoms with Gasteiger partial charge >= 0.3 is 6.09 Å². The highest BCUT2D eigenvalue weighted by Gasteiger charge is 2.08. The van der Waals surface area contributed by atoms with Crippen molar-refractivity contribution < 1.29 is 14.3 Å². The molecule has 0 atom stereocenters. The van der Waals surface area contributed by atoms with Gasteiger partial charge in [-0.15, -0.1) is 0 Å². The van der Waals surface area contributed by atoms with E-state index in [-0.39, 0.29) is 25.1 Å². The van der Waals surface area contributed by atoms with Crippen molar-refractivity contribution in [3.8, 4) is 0 Å². The molecule has 122 valence electrons. The second kappa shape index (κ2) is 7.39. The van der Waals surface area contributed by atoms with Crippen molar-refractivity contribution in [2.75, 3.05) is 6.61 Å². The van der Waals surface area contributed by atoms with Crippen LogP contribution in [0, 0.1) is 6.92 Å². The Balaban J connectivity index is 2.00. The predicted octanol–water partition coefficient (Wildman–Crippen LogP) is 0.872. The fourth-order valence-electron chi connectivity index (χ4n) is 2.07. The quantitative estimate of drug-likeness (QED) is 0.814. The molecule has 0 aliphatic rings. The van der Waals surface area contributed by atoms with Gasteiger partial charge in [-0.25, -0.2) is 15.2 Å². The summed E-state index contributed by atoms with van der Waals surface area (Å²) in [5.41, 5.74) is 5.68. The molecule has 0 fully saturated rings. The molecule has 8 heteroatoms. The molecular weight excluding hydrogens is 300 g/mol. The number of para-hydroxylation sites is 1. The molecule has 1 heterocycles. The van der Waals surface area contributed by atoms with Crippen LogP contribution in [0.2, 0.25) is 0 Å². The first kappa shape index (κ1) is 16.5. The monoisotopic (exact) mass is 318 g/mol. The molecule has 0 aliphatic heterocycles. The highest BCUT2D eigenvalue weighted by atomic mass is 16.5. The number of ether oxygens (including phenoxy) is 1. The molecule has 8 nitrogen and oxygen atoms in total. The Morgan fingerprint density at radius 3 is 2.83 bits per heavy atom. The van der Waals surface area contributed by atoms with Crippen molar-refractivity contribution in [3.63, 3.8) is 0 Å². The van der Waals surface area contributed by atoms with E-state index in [1.807, 2.05) is 13.0 Å². The summed E-state index contributed by atoms with van der Waals surface area (Å²) in [7, 11) is 0. The second-order valence-electron chi connectivity index (χ2n) is 4.86. The first-order chi connectivity index (χ1) is 11.0. The SMILES string of the molecule is CCOC(=O)NNC(=O)CCn1cnc2c(C)cccc2c1=O. The molecule has 0 radical (unpaired) electrons. The lowest BCUT2D eigenvalue weighted by atomic mass is 10.1. The average Bonchev–Trinajstić information content (AvgIpc) is 2.53. The van der Waals surface area contributed by atoms with Crippen molar-refractivity contribution in [2.24, 2.45) is 0 Å². The summed E-state index contributed by atoms with van der Waals surface area (Å²) >= 11 is 0. The number of benzene rings is 1. The average molecular weight is 318 g/mol. The summed E-state index contributed by atoms with van der Waals surface area (Å²) in [6.45, 7) is 3.90. The third-order valence-corrected chi connectivity index (χ3v) is 3.21. The molecular formula is C15H18N4O4. The van der Waals surface area contributed by atoms with Gasteiger partial charge in [0.15, 0.2) is 0 Å². The number of carbonyl (C=O) groups excluding carboxylic acids is 2. The lowest BCUT2D eigenvalue weighted by Gasteiger charge is -2.09. The normalized spacial score (nSPS) is 10.3. The van der Waals surface area contributed by atoms with Gasteiger partial charge < -0.3 is 4.74 Å². The van der Waals surface area contributed by atoms with Crippen LogP contribution in [0.3, 0.4) is 0 Å². The van der Waals surface area contributed by atoms with Crippen LogP contribution in [-0.4, -0.2) is 28.2 Å². The fraction of sp³-hybridized carbons (Fsp3) is 0.333. The van der Waals surface area contributed by atoms with Gasteiger partial charge in [0.2, 0.25) is 5.91 Å². The van der Waals surface area contributed by atoms with Crippen LogP contribution in [-0.2, 0) is 16.1 Å². The number of rotatable bonds is 4. The molecule has 23 heavy (non-hydrogen) atoms. The summed E-state index contributed by atoms with van der Waals surface area (Å²) in [6, 6.07) is 5.38. The summed E-state index contributed by atoms with van der Waals surface area (Å²) in [4.78, 5) is 39.3. The number of fused-ring (bicyclic) bond motifs is 1. The minimum atomic E-state index is -0.735. The molecule has 0 saturated carbocycles. The first-order valence-electron chi connectivity index (χ1n) is 7.19. The van der Waals surface area contributed by atoms with Crippen molar-refractivity contribution in [3.05, 3.63) is 40.4 Å². The Bertz CT molecular complexity index is 785. The number of nitrogens with one attached hydrogen (secondary N) is 2. The van der Waals surface area contributed by atoms with Gasteiger partial charge in [-0.3, -0.25) is 19.6 Å². The maximum absolute atomic E-state index is 12.3. The van der Waals surface area contributed by atoms with Crippen LogP contribution in [0.1, 0.15) is 18.9 Å². The molecule has 0 aliphatic carbocycles. The van der Waals surface area contributed by atoms with Gasteiger partial charge in [0.25, 0.3) is 5.56 Å². The summed E-state index contributed by atoms with van der Waals surface area (Å²) in [6.07, 6.45) is 0.704. The van der Waals surface area contributed by atoms with Crippen molar-refractivity contribution in [1.29, 1.82) is 0 Å². The minimum Gasteiger partial charge on any atom is -0.449 e. The van der Waals surface area contributed by atoms with Gasteiger partial charge in [-0.2, -0.15) is 0 Å². The molecule has 2 aromatic rings. The highest BCUT2D eigenvalue weighted by molar-refractivity contribution is 5.81. The van der Waals surface area contributed by atoms with E-state index in [1.165, 1.54) is 10.9 Å². The third-order valence-electron chi connectivity index (χ3n) is 3.21. The van der Waals surface area contributed by atoms with Gasteiger partial charge in [-0.05, 0) is 25.5 Å². The van der Waals surface area contributed by atoms with Crippen LogP contribution in [0.15, 0.2) is 29.3 Å². The van der Waals surface area contributed by atoms with Crippen LogP contribution in [0.4, 0.5) is 4.79 Å². The zero-order chi connectivity index (χ0) is 16.8. The van der Waals surface area contributed by atoms with E-state index in [0.717, 1.165) is 5.56 Å². The largest absolute Gasteiger partial charge is 0.449 e. The minimum absolute atomic E-state index is 0.0192. The van der Waals surface area contributed by atoms with Crippen molar-refractivity contribution >= 4 is 22.9 Å². The van der Waals surface area contributed by atoms with E-state index in [2.05, 4.69) is 20.6 Å². The van der Waals surface area contributed by atoms with E-state index < -0.39 is 12.0 Å². The first-order valence-corrected chi connectivity index (χ1v) is 7.19. The van der Waals surface area contributed by atoms with Crippen molar-refractivity contribution in [2.45, 2.75) is 26.8 Å². The van der Waals surface area contributed by atoms with Crippen LogP contribution in [0.25, 0.3) is 10.9 Å². The van der Waals surface area contributed by atoms with Gasteiger partial charge in [0.1, 0.15) is 0 Å².